The molecule has 34 heavy (non-hydrogen) atoms. The third-order valence-corrected chi connectivity index (χ3v) is 6.94. The number of methoxy groups -OCH3 is 1. The molecule has 0 amide bonds. The molecule has 2 aromatic carbocycles. The number of hydrogen-bond acceptors (Lipinski definition) is 5. The molecular weight excluding hydrogens is 492 g/mol. The Morgan fingerprint density at radius 1 is 1.15 bits per heavy atom. The molecule has 3 aromatic rings. The van der Waals surface area contributed by atoms with Crippen LogP contribution in [0.2, 0.25) is 5.02 Å². The van der Waals surface area contributed by atoms with E-state index in [1.54, 1.807) is 51.1 Å². The molecule has 0 fully saturated rings. The number of hydrogen-bond donors (Lipinski definition) is 2. The zero-order valence-corrected chi connectivity index (χ0v) is 20.6. The van der Waals surface area contributed by atoms with Crippen LogP contribution >= 0.6 is 23.4 Å². The summed E-state index contributed by atoms with van der Waals surface area (Å²) in [6, 6.07) is 8.79. The monoisotopic (exact) mass is 516 g/mol. The highest BCUT2D eigenvalue weighted by atomic mass is 35.5. The van der Waals surface area contributed by atoms with Crippen LogP contribution in [0.4, 0.5) is 23.2 Å². The van der Waals surface area contributed by atoms with E-state index in [9.17, 15) is 18.3 Å². The quantitative estimate of drug-likeness (QED) is 0.318. The van der Waals surface area contributed by atoms with Gasteiger partial charge >= 0.3 is 6.18 Å². The summed E-state index contributed by atoms with van der Waals surface area (Å²) in [7, 11) is 1.17. The number of halogens is 5. The maximum atomic E-state index is 15.4. The maximum Gasteiger partial charge on any atom is 0.420 e. The van der Waals surface area contributed by atoms with Gasteiger partial charge < -0.3 is 15.2 Å². The van der Waals surface area contributed by atoms with Crippen LogP contribution < -0.4 is 10.1 Å². The molecule has 0 saturated carbocycles. The average molecular weight is 517 g/mol. The van der Waals surface area contributed by atoms with Gasteiger partial charge in [0.1, 0.15) is 0 Å². The summed E-state index contributed by atoms with van der Waals surface area (Å²) in [6.45, 7) is 5.23. The Hall–Kier alpha value is -2.23. The average Bonchev–Trinajstić information content (AvgIpc) is 2.75. The fraction of sp³-hybridized carbons (Fsp3) is 0.375. The van der Waals surface area contributed by atoms with Crippen LogP contribution in [-0.4, -0.2) is 40.0 Å². The van der Waals surface area contributed by atoms with Crippen molar-refractivity contribution in [3.05, 3.63) is 64.6 Å². The van der Waals surface area contributed by atoms with Crippen molar-refractivity contribution in [1.82, 2.24) is 4.98 Å². The molecule has 3 rings (SSSR count). The summed E-state index contributed by atoms with van der Waals surface area (Å²) in [5.41, 5.74) is -2.22. The fourth-order valence-corrected chi connectivity index (χ4v) is 4.71. The van der Waals surface area contributed by atoms with Gasteiger partial charge in [-0.3, -0.25) is 4.98 Å². The Morgan fingerprint density at radius 3 is 2.47 bits per heavy atom. The van der Waals surface area contributed by atoms with Gasteiger partial charge in [-0.25, -0.2) is 4.39 Å². The number of rotatable bonds is 8. The summed E-state index contributed by atoms with van der Waals surface area (Å²) in [5.74, 6) is -2.21. The number of ether oxygens (including phenoxy) is 1. The standard InChI is InChI=1S/C24H25ClF4N2O2S/c1-13(2)34-12-23(32,24(27,28)29)22(16-10-11-17(25)21(33-4)20(16)26)31-19-7-5-6-18-15(19)9-8-14(3)30-18/h5-11,13,22,31-32H,12H2,1-4H3. The minimum Gasteiger partial charge on any atom is -0.492 e. The first-order chi connectivity index (χ1) is 15.9. The third kappa shape index (κ3) is 5.21. The molecular formula is C24H25ClF4N2O2S. The first-order valence-corrected chi connectivity index (χ1v) is 11.9. The molecule has 2 unspecified atom stereocenters. The van der Waals surface area contributed by atoms with Gasteiger partial charge in [0, 0.05) is 28.1 Å². The second-order valence-corrected chi connectivity index (χ2v) is 10.1. The van der Waals surface area contributed by atoms with E-state index in [4.69, 9.17) is 16.3 Å². The Balaban J connectivity index is 2.25. The SMILES string of the molecule is COc1c(Cl)ccc(C(Nc2cccc3nc(C)ccc23)C(O)(CSC(C)C)C(F)(F)F)c1F. The van der Waals surface area contributed by atoms with Crippen molar-refractivity contribution in [2.75, 3.05) is 18.2 Å². The van der Waals surface area contributed by atoms with Gasteiger partial charge in [0.05, 0.1) is 23.7 Å². The zero-order chi connectivity index (χ0) is 25.3. The Bertz CT molecular complexity index is 1180. The number of thioether (sulfide) groups is 1. The van der Waals surface area contributed by atoms with Gasteiger partial charge in [-0.2, -0.15) is 24.9 Å². The van der Waals surface area contributed by atoms with E-state index in [0.29, 0.717) is 10.9 Å². The number of benzene rings is 2. The molecule has 1 heterocycles. The van der Waals surface area contributed by atoms with E-state index < -0.39 is 40.7 Å². The first kappa shape index (κ1) is 26.4. The van der Waals surface area contributed by atoms with Crippen molar-refractivity contribution in [3.63, 3.8) is 0 Å². The molecule has 0 radical (unpaired) electrons. The topological polar surface area (TPSA) is 54.4 Å². The number of aromatic nitrogens is 1. The van der Waals surface area contributed by atoms with E-state index in [-0.39, 0.29) is 16.0 Å². The highest BCUT2D eigenvalue weighted by Crippen LogP contribution is 2.47. The lowest BCUT2D eigenvalue weighted by atomic mass is 9.88. The lowest BCUT2D eigenvalue weighted by molar-refractivity contribution is -0.256. The van der Waals surface area contributed by atoms with E-state index >= 15 is 4.39 Å². The second-order valence-electron chi connectivity index (χ2n) is 8.17. The lowest BCUT2D eigenvalue weighted by Gasteiger charge is -2.39. The molecule has 10 heteroatoms. The summed E-state index contributed by atoms with van der Waals surface area (Å²) >= 11 is 6.90. The highest BCUT2D eigenvalue weighted by molar-refractivity contribution is 7.99. The van der Waals surface area contributed by atoms with Gasteiger partial charge in [-0.15, -0.1) is 0 Å². The highest BCUT2D eigenvalue weighted by Gasteiger charge is 2.59. The van der Waals surface area contributed by atoms with Gasteiger partial charge in [0.2, 0.25) is 0 Å². The van der Waals surface area contributed by atoms with Crippen LogP contribution in [0.3, 0.4) is 0 Å². The van der Waals surface area contributed by atoms with Gasteiger partial charge in [-0.05, 0) is 42.5 Å². The van der Waals surface area contributed by atoms with Crippen molar-refractivity contribution in [1.29, 1.82) is 0 Å². The minimum atomic E-state index is -5.09. The largest absolute Gasteiger partial charge is 0.492 e. The molecule has 2 N–H and O–H groups in total. The number of pyridine rings is 1. The summed E-state index contributed by atoms with van der Waals surface area (Å²) < 4.78 is 63.8. The third-order valence-electron chi connectivity index (χ3n) is 5.37. The van der Waals surface area contributed by atoms with Gasteiger partial charge in [0.15, 0.2) is 17.2 Å². The van der Waals surface area contributed by atoms with Crippen LogP contribution in [0.15, 0.2) is 42.5 Å². The van der Waals surface area contributed by atoms with E-state index in [2.05, 4.69) is 10.3 Å². The number of fused-ring (bicyclic) bond motifs is 1. The summed E-state index contributed by atoms with van der Waals surface area (Å²) in [6.07, 6.45) is -5.09. The number of nitrogens with zero attached hydrogens (tertiary/aromatic N) is 1. The van der Waals surface area contributed by atoms with Crippen molar-refractivity contribution in [2.45, 2.75) is 43.8 Å². The Morgan fingerprint density at radius 2 is 1.85 bits per heavy atom. The summed E-state index contributed by atoms with van der Waals surface area (Å²) in [4.78, 5) is 4.40. The number of nitrogens with one attached hydrogen (secondary N) is 1. The molecule has 0 spiro atoms. The van der Waals surface area contributed by atoms with Crippen molar-refractivity contribution in [2.24, 2.45) is 0 Å². The van der Waals surface area contributed by atoms with Crippen LogP contribution in [0.25, 0.3) is 10.9 Å². The van der Waals surface area contributed by atoms with E-state index in [0.717, 1.165) is 23.5 Å². The molecule has 0 aliphatic carbocycles. The number of aryl methyl sites for hydroxylation is 1. The summed E-state index contributed by atoms with van der Waals surface area (Å²) in [5, 5.41) is 14.2. The van der Waals surface area contributed by atoms with Crippen molar-refractivity contribution in [3.8, 4) is 5.75 Å². The van der Waals surface area contributed by atoms with Gasteiger partial charge in [0.25, 0.3) is 0 Å². The predicted octanol–water partition coefficient (Wildman–Crippen LogP) is 6.93. The molecule has 184 valence electrons. The van der Waals surface area contributed by atoms with Crippen LogP contribution in [0.5, 0.6) is 5.75 Å². The number of anilines is 1. The molecule has 4 nitrogen and oxygen atoms in total. The fourth-order valence-electron chi connectivity index (χ4n) is 3.57. The van der Waals surface area contributed by atoms with Crippen LogP contribution in [0, 0.1) is 12.7 Å². The Labute approximate surface area is 204 Å². The van der Waals surface area contributed by atoms with E-state index in [1.165, 1.54) is 13.2 Å². The van der Waals surface area contributed by atoms with Crippen LogP contribution in [0.1, 0.15) is 31.1 Å². The lowest BCUT2D eigenvalue weighted by Crippen LogP contribution is -2.55. The van der Waals surface area contributed by atoms with Crippen LogP contribution in [-0.2, 0) is 0 Å². The first-order valence-electron chi connectivity index (χ1n) is 10.4. The number of aliphatic hydroxyl groups is 1. The molecule has 2 atom stereocenters. The Kier molecular flexibility index (Phi) is 7.89. The maximum absolute atomic E-state index is 15.4. The predicted molar refractivity (Wildman–Crippen MR) is 129 cm³/mol. The molecule has 0 saturated heterocycles. The molecule has 0 aliphatic rings. The zero-order valence-electron chi connectivity index (χ0n) is 19.0. The normalized spacial score (nSPS) is 14.8. The molecule has 0 aliphatic heterocycles. The smallest absolute Gasteiger partial charge is 0.420 e. The van der Waals surface area contributed by atoms with Gasteiger partial charge in [-0.1, -0.05) is 37.6 Å². The minimum absolute atomic E-state index is 0.0977. The van der Waals surface area contributed by atoms with Crippen molar-refractivity contribution < 1.29 is 27.4 Å². The number of alkyl halides is 3. The van der Waals surface area contributed by atoms with E-state index in [1.807, 2.05) is 0 Å². The molecule has 0 bridgehead atoms. The molecule has 1 aromatic heterocycles. The second kappa shape index (κ2) is 10.2. The van der Waals surface area contributed by atoms with Crippen molar-refractivity contribution >= 4 is 40.0 Å².